The van der Waals surface area contributed by atoms with Gasteiger partial charge in [-0.1, -0.05) is 0 Å². The maximum atomic E-state index is 11.8. The largest absolute Gasteiger partial charge is 0.481 e. The molecule has 19 heavy (non-hydrogen) atoms. The Morgan fingerprint density at radius 3 is 2.63 bits per heavy atom. The summed E-state index contributed by atoms with van der Waals surface area (Å²) in [5.41, 5.74) is -0.694. The Morgan fingerprint density at radius 2 is 2.00 bits per heavy atom. The van der Waals surface area contributed by atoms with Crippen LogP contribution in [0.2, 0.25) is 0 Å². The lowest BCUT2D eigenvalue weighted by Gasteiger charge is -2.47. The molecule has 4 nitrogen and oxygen atoms in total. The van der Waals surface area contributed by atoms with E-state index in [0.29, 0.717) is 26.2 Å². The lowest BCUT2D eigenvalue weighted by molar-refractivity contribution is -0.164. The van der Waals surface area contributed by atoms with Gasteiger partial charge >= 0.3 is 5.97 Å². The first kappa shape index (κ1) is 13.7. The minimum atomic E-state index is -0.669. The molecule has 3 aliphatic rings. The molecule has 2 unspecified atom stereocenters. The van der Waals surface area contributed by atoms with Crippen LogP contribution in [0.5, 0.6) is 0 Å². The molecular weight excluding hydrogens is 264 g/mol. The van der Waals surface area contributed by atoms with Crippen molar-refractivity contribution in [3.63, 3.8) is 0 Å². The molecule has 3 fully saturated rings. The Bertz CT molecular complexity index is 340. The van der Waals surface area contributed by atoms with Gasteiger partial charge in [0, 0.05) is 13.2 Å². The molecule has 0 amide bonds. The first-order chi connectivity index (χ1) is 9.17. The fourth-order valence-corrected chi connectivity index (χ4v) is 5.07. The zero-order valence-corrected chi connectivity index (χ0v) is 12.0. The summed E-state index contributed by atoms with van der Waals surface area (Å²) in [6.45, 7) is 1.69. The predicted molar refractivity (Wildman–Crippen MR) is 73.5 cm³/mol. The fraction of sp³-hybridized carbons (Fsp3) is 0.929. The van der Waals surface area contributed by atoms with Crippen molar-refractivity contribution in [2.75, 3.05) is 31.3 Å². The first-order valence-electron chi connectivity index (χ1n) is 7.20. The molecular formula is C14H22O4S. The number of hydrogen-bond donors (Lipinski definition) is 1. The van der Waals surface area contributed by atoms with E-state index in [1.807, 2.05) is 11.8 Å². The van der Waals surface area contributed by atoms with E-state index < -0.39 is 11.4 Å². The van der Waals surface area contributed by atoms with Crippen LogP contribution < -0.4 is 0 Å². The van der Waals surface area contributed by atoms with Crippen LogP contribution in [0.4, 0.5) is 0 Å². The van der Waals surface area contributed by atoms with Crippen LogP contribution in [0.15, 0.2) is 0 Å². The summed E-state index contributed by atoms with van der Waals surface area (Å²) in [5.74, 6) is 1.83. The van der Waals surface area contributed by atoms with Crippen LogP contribution in [0.3, 0.4) is 0 Å². The second-order valence-corrected chi connectivity index (χ2v) is 7.32. The smallest absolute Gasteiger partial charge is 0.312 e. The number of thioether (sulfide) groups is 1. The topological polar surface area (TPSA) is 55.8 Å². The number of ether oxygens (including phenoxy) is 2. The number of aliphatic carboxylic acids is 1. The molecule has 3 saturated heterocycles. The molecule has 0 bridgehead atoms. The van der Waals surface area contributed by atoms with Crippen LogP contribution in [0.1, 0.15) is 32.1 Å². The summed E-state index contributed by atoms with van der Waals surface area (Å²) in [5, 5.41) is 9.68. The van der Waals surface area contributed by atoms with Gasteiger partial charge in [-0.25, -0.2) is 0 Å². The standard InChI is InChI=1S/C14H22O4S/c15-12(16)14(2-6-17-10-14)11-1-5-18-13(9-11)3-7-19-8-4-13/h11H,1-10H2,(H,15,16). The molecule has 0 aliphatic carbocycles. The van der Waals surface area contributed by atoms with Gasteiger partial charge in [0.15, 0.2) is 0 Å². The van der Waals surface area contributed by atoms with Gasteiger partial charge in [0.25, 0.3) is 0 Å². The molecule has 2 atom stereocenters. The van der Waals surface area contributed by atoms with Gasteiger partial charge in [-0.3, -0.25) is 4.79 Å². The van der Waals surface area contributed by atoms with E-state index in [9.17, 15) is 9.90 Å². The zero-order valence-electron chi connectivity index (χ0n) is 11.2. The molecule has 0 saturated carbocycles. The second kappa shape index (κ2) is 5.26. The third-order valence-corrected chi connectivity index (χ3v) is 6.14. The van der Waals surface area contributed by atoms with E-state index in [4.69, 9.17) is 9.47 Å². The van der Waals surface area contributed by atoms with Gasteiger partial charge in [0.2, 0.25) is 0 Å². The number of rotatable bonds is 2. The van der Waals surface area contributed by atoms with Gasteiger partial charge in [-0.05, 0) is 49.5 Å². The predicted octanol–water partition coefficient (Wildman–Crippen LogP) is 2.17. The molecule has 0 aromatic rings. The highest BCUT2D eigenvalue weighted by molar-refractivity contribution is 7.99. The van der Waals surface area contributed by atoms with E-state index in [1.54, 1.807) is 0 Å². The van der Waals surface area contributed by atoms with Crippen LogP contribution in [-0.2, 0) is 14.3 Å². The highest BCUT2D eigenvalue weighted by Crippen LogP contribution is 2.48. The number of carboxylic acids is 1. The van der Waals surface area contributed by atoms with Crippen molar-refractivity contribution in [1.82, 2.24) is 0 Å². The molecule has 3 heterocycles. The van der Waals surface area contributed by atoms with Crippen LogP contribution in [0, 0.1) is 11.3 Å². The molecule has 5 heteroatoms. The van der Waals surface area contributed by atoms with E-state index in [0.717, 1.165) is 37.2 Å². The summed E-state index contributed by atoms with van der Waals surface area (Å²) < 4.78 is 11.5. The van der Waals surface area contributed by atoms with Gasteiger partial charge < -0.3 is 14.6 Å². The van der Waals surface area contributed by atoms with Gasteiger partial charge in [-0.2, -0.15) is 11.8 Å². The van der Waals surface area contributed by atoms with Gasteiger partial charge in [0.1, 0.15) is 0 Å². The van der Waals surface area contributed by atoms with E-state index in [-0.39, 0.29) is 11.5 Å². The van der Waals surface area contributed by atoms with Crippen molar-refractivity contribution in [2.24, 2.45) is 11.3 Å². The average Bonchev–Trinajstić information content (AvgIpc) is 2.90. The lowest BCUT2D eigenvalue weighted by atomic mass is 9.66. The summed E-state index contributed by atoms with van der Waals surface area (Å²) >= 11 is 1.98. The van der Waals surface area contributed by atoms with Crippen molar-refractivity contribution in [3.05, 3.63) is 0 Å². The number of hydrogen-bond acceptors (Lipinski definition) is 4. The molecule has 3 rings (SSSR count). The summed E-state index contributed by atoms with van der Waals surface area (Å²) in [4.78, 5) is 11.8. The van der Waals surface area contributed by atoms with Crippen LogP contribution in [-0.4, -0.2) is 48.0 Å². The van der Waals surface area contributed by atoms with Crippen molar-refractivity contribution >= 4 is 17.7 Å². The minimum Gasteiger partial charge on any atom is -0.481 e. The van der Waals surface area contributed by atoms with Crippen molar-refractivity contribution in [2.45, 2.75) is 37.7 Å². The van der Waals surface area contributed by atoms with Crippen LogP contribution in [0.25, 0.3) is 0 Å². The molecule has 1 N–H and O–H groups in total. The average molecular weight is 286 g/mol. The van der Waals surface area contributed by atoms with E-state index in [2.05, 4.69) is 0 Å². The Balaban J connectivity index is 1.78. The SMILES string of the molecule is O=C(O)C1(C2CCOC3(CCSCC3)C2)CCOC1. The zero-order chi connectivity index (χ0) is 13.3. The number of carbonyl (C=O) groups is 1. The Kier molecular flexibility index (Phi) is 3.80. The third kappa shape index (κ3) is 2.41. The van der Waals surface area contributed by atoms with E-state index in [1.165, 1.54) is 0 Å². The summed E-state index contributed by atoms with van der Waals surface area (Å²) in [7, 11) is 0. The quantitative estimate of drug-likeness (QED) is 0.843. The maximum absolute atomic E-state index is 11.8. The molecule has 0 radical (unpaired) electrons. The summed E-state index contributed by atoms with van der Waals surface area (Å²) in [6.07, 6.45) is 4.58. The Hall–Kier alpha value is -0.260. The molecule has 1 spiro atoms. The Morgan fingerprint density at radius 1 is 1.21 bits per heavy atom. The fourth-order valence-electron chi connectivity index (χ4n) is 3.84. The van der Waals surface area contributed by atoms with Crippen molar-refractivity contribution in [1.29, 1.82) is 0 Å². The maximum Gasteiger partial charge on any atom is 0.312 e. The highest BCUT2D eigenvalue weighted by atomic mass is 32.2. The molecule has 108 valence electrons. The molecule has 0 aromatic heterocycles. The molecule has 3 aliphatic heterocycles. The summed E-state index contributed by atoms with van der Waals surface area (Å²) in [6, 6.07) is 0. The van der Waals surface area contributed by atoms with Crippen LogP contribution >= 0.6 is 11.8 Å². The highest BCUT2D eigenvalue weighted by Gasteiger charge is 2.53. The van der Waals surface area contributed by atoms with E-state index >= 15 is 0 Å². The van der Waals surface area contributed by atoms with Crippen molar-refractivity contribution in [3.8, 4) is 0 Å². The normalized spacial score (nSPS) is 38.4. The Labute approximate surface area is 118 Å². The van der Waals surface area contributed by atoms with Gasteiger partial charge in [0.05, 0.1) is 17.6 Å². The third-order valence-electron chi connectivity index (χ3n) is 5.16. The van der Waals surface area contributed by atoms with Gasteiger partial charge in [-0.15, -0.1) is 0 Å². The first-order valence-corrected chi connectivity index (χ1v) is 8.35. The monoisotopic (exact) mass is 286 g/mol. The number of carboxylic acid groups (broad SMARTS) is 1. The van der Waals surface area contributed by atoms with Crippen molar-refractivity contribution < 1.29 is 19.4 Å². The second-order valence-electron chi connectivity index (χ2n) is 6.10. The molecule has 0 aromatic carbocycles. The lowest BCUT2D eigenvalue weighted by Crippen LogP contribution is -2.50. The minimum absolute atomic E-state index is 0.0425.